The van der Waals surface area contributed by atoms with Crippen LogP contribution in [0.2, 0.25) is 0 Å². The van der Waals surface area contributed by atoms with Crippen LogP contribution in [0.1, 0.15) is 21.6 Å². The topological polar surface area (TPSA) is 147 Å². The third-order valence-corrected chi connectivity index (χ3v) is 6.15. The number of hydrogen-bond acceptors (Lipinski definition) is 8. The van der Waals surface area contributed by atoms with Gasteiger partial charge in [0, 0.05) is 50.0 Å². The van der Waals surface area contributed by atoms with Gasteiger partial charge in [0.15, 0.2) is 0 Å². The molecule has 0 saturated heterocycles. The first kappa shape index (κ1) is 24.0. The van der Waals surface area contributed by atoms with Crippen molar-refractivity contribution >= 4 is 38.5 Å². The number of rotatable bonds is 9. The SMILES string of the molecule is CN(C)CCNC(=O)c1cc2c(NCc3cccnc3N(C)S(C)(=O)=O)c(C#N)cnc2[nH]1. The number of nitrogens with one attached hydrogen (secondary N) is 3. The van der Waals surface area contributed by atoms with E-state index in [1.54, 1.807) is 18.2 Å². The lowest BCUT2D eigenvalue weighted by Crippen LogP contribution is -2.31. The molecule has 3 rings (SSSR count). The van der Waals surface area contributed by atoms with Crippen LogP contribution in [-0.4, -0.2) is 74.7 Å². The Hall–Kier alpha value is -3.69. The van der Waals surface area contributed by atoms with Gasteiger partial charge in [-0.15, -0.1) is 0 Å². The van der Waals surface area contributed by atoms with Crippen molar-refractivity contribution in [2.24, 2.45) is 0 Å². The maximum absolute atomic E-state index is 12.5. The summed E-state index contributed by atoms with van der Waals surface area (Å²) >= 11 is 0. The van der Waals surface area contributed by atoms with E-state index in [2.05, 4.69) is 31.7 Å². The fourth-order valence-corrected chi connectivity index (χ4v) is 3.63. The number of amides is 1. The first-order valence-electron chi connectivity index (χ1n) is 10.1. The van der Waals surface area contributed by atoms with Gasteiger partial charge in [-0.2, -0.15) is 5.26 Å². The highest BCUT2D eigenvalue weighted by molar-refractivity contribution is 7.92. The normalized spacial score (nSPS) is 11.4. The minimum absolute atomic E-state index is 0.201. The van der Waals surface area contributed by atoms with E-state index < -0.39 is 10.0 Å². The Balaban J connectivity index is 1.90. The molecule has 0 spiro atoms. The molecule has 3 aromatic heterocycles. The third kappa shape index (κ3) is 5.57. The van der Waals surface area contributed by atoms with E-state index in [1.165, 1.54) is 19.4 Å². The van der Waals surface area contributed by atoms with Gasteiger partial charge in [0.2, 0.25) is 10.0 Å². The van der Waals surface area contributed by atoms with Gasteiger partial charge in [-0.1, -0.05) is 6.07 Å². The summed E-state index contributed by atoms with van der Waals surface area (Å²) in [6.45, 7) is 1.39. The Bertz CT molecular complexity index is 1310. The molecule has 0 unspecified atom stereocenters. The van der Waals surface area contributed by atoms with Gasteiger partial charge in [-0.25, -0.2) is 18.4 Å². The molecule has 174 valence electrons. The van der Waals surface area contributed by atoms with Gasteiger partial charge in [0.1, 0.15) is 23.2 Å². The second-order valence-electron chi connectivity index (χ2n) is 7.73. The van der Waals surface area contributed by atoms with Crippen LogP contribution < -0.4 is 14.9 Å². The van der Waals surface area contributed by atoms with Gasteiger partial charge < -0.3 is 20.5 Å². The summed E-state index contributed by atoms with van der Waals surface area (Å²) < 4.78 is 25.1. The summed E-state index contributed by atoms with van der Waals surface area (Å²) in [7, 11) is 1.77. The Morgan fingerprint density at radius 3 is 2.70 bits per heavy atom. The van der Waals surface area contributed by atoms with Crippen molar-refractivity contribution in [2.45, 2.75) is 6.54 Å². The molecule has 0 aliphatic carbocycles. The molecule has 3 heterocycles. The van der Waals surface area contributed by atoms with Crippen molar-refractivity contribution in [1.82, 2.24) is 25.2 Å². The van der Waals surface area contributed by atoms with E-state index >= 15 is 0 Å². The molecule has 11 nitrogen and oxygen atoms in total. The number of nitriles is 1. The van der Waals surface area contributed by atoms with Gasteiger partial charge in [-0.05, 0) is 26.2 Å². The number of nitrogens with zero attached hydrogens (tertiary/aromatic N) is 5. The molecule has 0 saturated carbocycles. The summed E-state index contributed by atoms with van der Waals surface area (Å²) in [5.74, 6) is 0.00923. The zero-order valence-electron chi connectivity index (χ0n) is 18.9. The van der Waals surface area contributed by atoms with Crippen LogP contribution in [-0.2, 0) is 16.6 Å². The number of aromatic nitrogens is 3. The number of anilines is 2. The molecule has 0 radical (unpaired) electrons. The fraction of sp³-hybridized carbons (Fsp3) is 0.333. The second kappa shape index (κ2) is 9.85. The maximum atomic E-state index is 12.5. The fourth-order valence-electron chi connectivity index (χ4n) is 3.15. The van der Waals surface area contributed by atoms with Crippen LogP contribution >= 0.6 is 0 Å². The monoisotopic (exact) mass is 470 g/mol. The molecule has 12 heteroatoms. The number of likely N-dealkylation sites (N-methyl/N-ethyl adjacent to an activating group) is 1. The van der Waals surface area contributed by atoms with Crippen molar-refractivity contribution in [3.8, 4) is 6.07 Å². The number of H-pyrrole nitrogens is 1. The highest BCUT2D eigenvalue weighted by Crippen LogP contribution is 2.28. The van der Waals surface area contributed by atoms with Crippen LogP contribution in [0.15, 0.2) is 30.6 Å². The van der Waals surface area contributed by atoms with Crippen LogP contribution in [0.3, 0.4) is 0 Å². The zero-order valence-corrected chi connectivity index (χ0v) is 19.7. The van der Waals surface area contributed by atoms with Gasteiger partial charge in [-0.3, -0.25) is 9.10 Å². The first-order valence-corrected chi connectivity index (χ1v) is 11.9. The van der Waals surface area contributed by atoms with Crippen LogP contribution in [0.25, 0.3) is 11.0 Å². The van der Waals surface area contributed by atoms with Crippen molar-refractivity contribution in [3.05, 3.63) is 47.4 Å². The average Bonchev–Trinajstić information content (AvgIpc) is 3.21. The molecule has 3 N–H and O–H groups in total. The molecule has 33 heavy (non-hydrogen) atoms. The largest absolute Gasteiger partial charge is 0.379 e. The summed E-state index contributed by atoms with van der Waals surface area (Å²) in [6.07, 6.45) is 4.03. The van der Waals surface area contributed by atoms with E-state index in [-0.39, 0.29) is 18.3 Å². The minimum Gasteiger partial charge on any atom is -0.379 e. The Morgan fingerprint density at radius 2 is 2.03 bits per heavy atom. The summed E-state index contributed by atoms with van der Waals surface area (Å²) in [5.41, 5.74) is 2.18. The number of sulfonamides is 1. The highest BCUT2D eigenvalue weighted by atomic mass is 32.2. The van der Waals surface area contributed by atoms with Crippen molar-refractivity contribution in [1.29, 1.82) is 5.26 Å². The molecular formula is C21H26N8O3S. The maximum Gasteiger partial charge on any atom is 0.267 e. The van der Waals surface area contributed by atoms with Crippen LogP contribution in [0, 0.1) is 11.3 Å². The number of pyridine rings is 2. The number of hydrogen-bond donors (Lipinski definition) is 3. The van der Waals surface area contributed by atoms with Gasteiger partial charge >= 0.3 is 0 Å². The van der Waals surface area contributed by atoms with E-state index in [4.69, 9.17) is 0 Å². The molecule has 0 fully saturated rings. The number of carbonyl (C=O) groups excluding carboxylic acids is 1. The number of carbonyl (C=O) groups is 1. The van der Waals surface area contributed by atoms with Crippen LogP contribution in [0.4, 0.5) is 11.5 Å². The van der Waals surface area contributed by atoms with Crippen molar-refractivity contribution < 1.29 is 13.2 Å². The van der Waals surface area contributed by atoms with E-state index in [1.807, 2.05) is 19.0 Å². The minimum atomic E-state index is -3.50. The molecule has 0 aliphatic rings. The molecule has 0 aromatic carbocycles. The lowest BCUT2D eigenvalue weighted by Gasteiger charge is -2.19. The Labute approximate surface area is 192 Å². The summed E-state index contributed by atoms with van der Waals surface area (Å²) in [6, 6.07) is 7.20. The van der Waals surface area contributed by atoms with E-state index in [0.717, 1.165) is 10.6 Å². The van der Waals surface area contributed by atoms with Crippen molar-refractivity contribution in [3.63, 3.8) is 0 Å². The molecular weight excluding hydrogens is 444 g/mol. The molecule has 0 aliphatic heterocycles. The standard InChI is InChI=1S/C21H26N8O3S/c1-28(2)9-8-24-21(30)17-10-16-18(15(11-22)13-26-19(16)27-17)25-12-14-6-5-7-23-20(14)29(3)33(4,31)32/h5-7,10,13H,8-9,12H2,1-4H3,(H,24,30)(H2,25,26,27). The lowest BCUT2D eigenvalue weighted by atomic mass is 10.1. The quantitative estimate of drug-likeness (QED) is 0.422. The second-order valence-corrected chi connectivity index (χ2v) is 9.75. The smallest absolute Gasteiger partial charge is 0.267 e. The van der Waals surface area contributed by atoms with Gasteiger partial charge in [0.05, 0.1) is 17.5 Å². The third-order valence-electron chi connectivity index (χ3n) is 4.99. The lowest BCUT2D eigenvalue weighted by molar-refractivity contribution is 0.0947. The van der Waals surface area contributed by atoms with Crippen molar-refractivity contribution in [2.75, 3.05) is 50.1 Å². The highest BCUT2D eigenvalue weighted by Gasteiger charge is 2.19. The molecule has 1 amide bonds. The Kier molecular flexibility index (Phi) is 7.15. The summed E-state index contributed by atoms with van der Waals surface area (Å²) in [5, 5.41) is 16.2. The average molecular weight is 471 g/mol. The first-order chi connectivity index (χ1) is 15.6. The van der Waals surface area contributed by atoms with Crippen LogP contribution in [0.5, 0.6) is 0 Å². The summed E-state index contributed by atoms with van der Waals surface area (Å²) in [4.78, 5) is 25.9. The van der Waals surface area contributed by atoms with E-state index in [9.17, 15) is 18.5 Å². The zero-order chi connectivity index (χ0) is 24.2. The molecule has 0 atom stereocenters. The number of aromatic amines is 1. The number of fused-ring (bicyclic) bond motifs is 1. The molecule has 3 aromatic rings. The Morgan fingerprint density at radius 1 is 1.27 bits per heavy atom. The van der Waals surface area contributed by atoms with Gasteiger partial charge in [0.25, 0.3) is 5.91 Å². The molecule has 0 bridgehead atoms. The predicted octanol–water partition coefficient (Wildman–Crippen LogP) is 1.13. The van der Waals surface area contributed by atoms with E-state index in [0.29, 0.717) is 46.6 Å². The predicted molar refractivity (Wildman–Crippen MR) is 127 cm³/mol.